The standard InChI is InChI=1S/C22H25N3O2/c1-5-14-25-21(26)19(16-8-6-15(2)7-9-16)20(22(25)27)23-17-10-12-18(13-11-17)24(3)4/h6-13,23H,5,14H2,1-4H3. The molecule has 0 radical (unpaired) electrons. The molecule has 2 aromatic rings. The lowest BCUT2D eigenvalue weighted by Gasteiger charge is -2.15. The molecule has 0 bridgehead atoms. The predicted molar refractivity (Wildman–Crippen MR) is 110 cm³/mol. The molecule has 5 nitrogen and oxygen atoms in total. The van der Waals surface area contributed by atoms with Gasteiger partial charge in [0.05, 0.1) is 5.57 Å². The van der Waals surface area contributed by atoms with Crippen LogP contribution in [0, 0.1) is 6.92 Å². The van der Waals surface area contributed by atoms with E-state index < -0.39 is 0 Å². The van der Waals surface area contributed by atoms with Crippen molar-refractivity contribution in [2.45, 2.75) is 20.3 Å². The van der Waals surface area contributed by atoms with E-state index in [1.807, 2.05) is 81.4 Å². The Labute approximate surface area is 160 Å². The first kappa shape index (κ1) is 18.7. The summed E-state index contributed by atoms with van der Waals surface area (Å²) in [7, 11) is 3.95. The zero-order valence-electron chi connectivity index (χ0n) is 16.2. The van der Waals surface area contributed by atoms with Crippen LogP contribution < -0.4 is 10.2 Å². The Kier molecular flexibility index (Phi) is 5.31. The molecule has 0 atom stereocenters. The van der Waals surface area contributed by atoms with E-state index in [4.69, 9.17) is 0 Å². The minimum atomic E-state index is -0.269. The molecule has 2 amide bonds. The average Bonchev–Trinajstić information content (AvgIpc) is 2.88. The highest BCUT2D eigenvalue weighted by Crippen LogP contribution is 2.31. The number of imide groups is 1. The van der Waals surface area contributed by atoms with Gasteiger partial charge in [-0.2, -0.15) is 0 Å². The molecule has 0 spiro atoms. The summed E-state index contributed by atoms with van der Waals surface area (Å²) in [6.07, 6.45) is 0.726. The minimum Gasteiger partial charge on any atom is -0.378 e. The maximum Gasteiger partial charge on any atom is 0.278 e. The highest BCUT2D eigenvalue weighted by molar-refractivity contribution is 6.36. The number of aryl methyl sites for hydroxylation is 1. The lowest BCUT2D eigenvalue weighted by Crippen LogP contribution is -2.33. The number of hydrogen-bond donors (Lipinski definition) is 1. The number of amides is 2. The molecule has 0 unspecified atom stereocenters. The fourth-order valence-electron chi connectivity index (χ4n) is 3.09. The van der Waals surface area contributed by atoms with E-state index in [1.165, 1.54) is 4.90 Å². The van der Waals surface area contributed by atoms with Crippen molar-refractivity contribution in [2.75, 3.05) is 30.9 Å². The molecule has 1 aliphatic heterocycles. The predicted octanol–water partition coefficient (Wildman–Crippen LogP) is 3.66. The number of nitrogens with zero attached hydrogens (tertiary/aromatic N) is 2. The van der Waals surface area contributed by atoms with Gasteiger partial charge in [0.25, 0.3) is 11.8 Å². The lowest BCUT2D eigenvalue weighted by atomic mass is 10.0. The Hall–Kier alpha value is -3.08. The van der Waals surface area contributed by atoms with Gasteiger partial charge in [-0.15, -0.1) is 0 Å². The molecule has 0 fully saturated rings. The maximum absolute atomic E-state index is 12.9. The minimum absolute atomic E-state index is 0.238. The van der Waals surface area contributed by atoms with Gasteiger partial charge in [-0.25, -0.2) is 0 Å². The fraction of sp³-hybridized carbons (Fsp3) is 0.273. The Balaban J connectivity index is 2.01. The van der Waals surface area contributed by atoms with E-state index in [9.17, 15) is 9.59 Å². The van der Waals surface area contributed by atoms with E-state index in [0.29, 0.717) is 17.8 Å². The summed E-state index contributed by atoms with van der Waals surface area (Å²) in [5.74, 6) is -0.507. The van der Waals surface area contributed by atoms with Crippen LogP contribution in [0.2, 0.25) is 0 Å². The van der Waals surface area contributed by atoms with Crippen LogP contribution in [0.25, 0.3) is 5.57 Å². The van der Waals surface area contributed by atoms with E-state index in [2.05, 4.69) is 5.32 Å². The normalized spacial score (nSPS) is 14.1. The van der Waals surface area contributed by atoms with Crippen LogP contribution in [0.3, 0.4) is 0 Å². The van der Waals surface area contributed by atoms with Crippen LogP contribution in [0.1, 0.15) is 24.5 Å². The van der Waals surface area contributed by atoms with Crippen LogP contribution in [-0.4, -0.2) is 37.4 Å². The third-order valence-corrected chi connectivity index (χ3v) is 4.61. The van der Waals surface area contributed by atoms with Gasteiger partial charge in [-0.1, -0.05) is 36.8 Å². The van der Waals surface area contributed by atoms with E-state index in [1.54, 1.807) is 0 Å². The molecule has 0 saturated heterocycles. The van der Waals surface area contributed by atoms with Crippen molar-refractivity contribution in [1.82, 2.24) is 4.90 Å². The van der Waals surface area contributed by atoms with Crippen molar-refractivity contribution in [3.05, 3.63) is 65.4 Å². The molecule has 1 N–H and O–H groups in total. The van der Waals surface area contributed by atoms with Gasteiger partial charge < -0.3 is 10.2 Å². The third-order valence-electron chi connectivity index (χ3n) is 4.61. The first-order chi connectivity index (χ1) is 12.9. The Bertz CT molecular complexity index is 881. The molecular weight excluding hydrogens is 338 g/mol. The Morgan fingerprint density at radius 1 is 0.926 bits per heavy atom. The lowest BCUT2D eigenvalue weighted by molar-refractivity contribution is -0.136. The molecule has 140 valence electrons. The summed E-state index contributed by atoms with van der Waals surface area (Å²) in [6, 6.07) is 15.5. The first-order valence-corrected chi connectivity index (χ1v) is 9.14. The number of benzene rings is 2. The molecule has 5 heteroatoms. The van der Waals surface area contributed by atoms with E-state index in [0.717, 1.165) is 28.9 Å². The summed E-state index contributed by atoms with van der Waals surface area (Å²) in [5.41, 5.74) is 4.48. The number of nitrogens with one attached hydrogen (secondary N) is 1. The van der Waals surface area contributed by atoms with E-state index >= 15 is 0 Å². The van der Waals surface area contributed by atoms with Gasteiger partial charge in [0.2, 0.25) is 0 Å². The Morgan fingerprint density at radius 2 is 1.56 bits per heavy atom. The van der Waals surface area contributed by atoms with Crippen LogP contribution in [-0.2, 0) is 9.59 Å². The topological polar surface area (TPSA) is 52.7 Å². The number of carbonyl (C=O) groups is 2. The molecule has 1 aliphatic rings. The number of anilines is 2. The van der Waals surface area contributed by atoms with Gasteiger partial charge in [-0.3, -0.25) is 14.5 Å². The second-order valence-corrected chi connectivity index (χ2v) is 6.94. The van der Waals surface area contributed by atoms with Gasteiger partial charge >= 0.3 is 0 Å². The summed E-state index contributed by atoms with van der Waals surface area (Å²) in [6.45, 7) is 4.36. The second kappa shape index (κ2) is 7.66. The van der Waals surface area contributed by atoms with Gasteiger partial charge in [0, 0.05) is 32.0 Å². The van der Waals surface area contributed by atoms with Crippen molar-refractivity contribution >= 4 is 28.8 Å². The quantitative estimate of drug-likeness (QED) is 0.796. The molecule has 0 saturated carbocycles. The summed E-state index contributed by atoms with van der Waals surface area (Å²) in [4.78, 5) is 29.2. The smallest absolute Gasteiger partial charge is 0.278 e. The van der Waals surface area contributed by atoms with Crippen molar-refractivity contribution < 1.29 is 9.59 Å². The highest BCUT2D eigenvalue weighted by Gasteiger charge is 2.38. The summed E-state index contributed by atoms with van der Waals surface area (Å²) >= 11 is 0. The van der Waals surface area contributed by atoms with Crippen molar-refractivity contribution in [2.24, 2.45) is 0 Å². The number of carbonyl (C=O) groups excluding carboxylic acids is 2. The molecule has 1 heterocycles. The number of hydrogen-bond acceptors (Lipinski definition) is 4. The molecule has 3 rings (SSSR count). The SMILES string of the molecule is CCCN1C(=O)C(Nc2ccc(N(C)C)cc2)=C(c2ccc(C)cc2)C1=O. The molecular formula is C22H25N3O2. The summed E-state index contributed by atoms with van der Waals surface area (Å²) in [5, 5.41) is 3.19. The molecule has 0 aromatic heterocycles. The Morgan fingerprint density at radius 3 is 2.11 bits per heavy atom. The zero-order valence-corrected chi connectivity index (χ0v) is 16.2. The molecule has 27 heavy (non-hydrogen) atoms. The monoisotopic (exact) mass is 363 g/mol. The van der Waals surface area contributed by atoms with Gasteiger partial charge in [0.15, 0.2) is 0 Å². The number of rotatable bonds is 6. The van der Waals surface area contributed by atoms with Gasteiger partial charge in [-0.05, 0) is 43.2 Å². The maximum atomic E-state index is 12.9. The summed E-state index contributed by atoms with van der Waals surface area (Å²) < 4.78 is 0. The first-order valence-electron chi connectivity index (χ1n) is 9.14. The van der Waals surface area contributed by atoms with Crippen LogP contribution in [0.15, 0.2) is 54.2 Å². The average molecular weight is 363 g/mol. The van der Waals surface area contributed by atoms with E-state index in [-0.39, 0.29) is 11.8 Å². The fourth-order valence-corrected chi connectivity index (χ4v) is 3.09. The van der Waals surface area contributed by atoms with Crippen LogP contribution >= 0.6 is 0 Å². The highest BCUT2D eigenvalue weighted by atomic mass is 16.2. The van der Waals surface area contributed by atoms with Crippen LogP contribution in [0.5, 0.6) is 0 Å². The third kappa shape index (κ3) is 3.72. The second-order valence-electron chi connectivity index (χ2n) is 6.94. The molecule has 2 aromatic carbocycles. The van der Waals surface area contributed by atoms with Crippen molar-refractivity contribution in [3.63, 3.8) is 0 Å². The van der Waals surface area contributed by atoms with Crippen molar-refractivity contribution in [1.29, 1.82) is 0 Å². The molecule has 0 aliphatic carbocycles. The van der Waals surface area contributed by atoms with Crippen LogP contribution in [0.4, 0.5) is 11.4 Å². The van der Waals surface area contributed by atoms with Crippen molar-refractivity contribution in [3.8, 4) is 0 Å². The van der Waals surface area contributed by atoms with Gasteiger partial charge in [0.1, 0.15) is 5.70 Å². The largest absolute Gasteiger partial charge is 0.378 e. The zero-order chi connectivity index (χ0) is 19.6.